The van der Waals surface area contributed by atoms with Gasteiger partial charge in [-0.1, -0.05) is 168 Å². The van der Waals surface area contributed by atoms with Gasteiger partial charge in [-0.3, -0.25) is 0 Å². The molecule has 0 heterocycles. The molecule has 0 bridgehead atoms. The van der Waals surface area contributed by atoms with Crippen LogP contribution < -0.4 is 5.32 Å². The van der Waals surface area contributed by atoms with Crippen molar-refractivity contribution in [2.24, 2.45) is 11.0 Å². The Morgan fingerprint density at radius 3 is 1.36 bits per heavy atom. The predicted octanol–water partition coefficient (Wildman–Crippen LogP) is 14.3. The van der Waals surface area contributed by atoms with Crippen LogP contribution in [0.25, 0.3) is 0 Å². The highest BCUT2D eigenvalue weighted by Gasteiger charge is 2.23. The Morgan fingerprint density at radius 1 is 0.580 bits per heavy atom. The van der Waals surface area contributed by atoms with Gasteiger partial charge in [-0.25, -0.2) is 5.53 Å². The van der Waals surface area contributed by atoms with Crippen molar-refractivity contribution in [3.63, 3.8) is 0 Å². The van der Waals surface area contributed by atoms with Crippen LogP contribution >= 0.6 is 0 Å². The summed E-state index contributed by atoms with van der Waals surface area (Å²) in [5, 5.41) is 7.34. The molecule has 0 rings (SSSR count). The van der Waals surface area contributed by atoms with Gasteiger partial charge in [0, 0.05) is 26.5 Å². The largest absolute Gasteiger partial charge is 0.389 e. The Morgan fingerprint density at radius 2 is 0.960 bits per heavy atom. The summed E-state index contributed by atoms with van der Waals surface area (Å²) in [7, 11) is 1.73. The molecule has 0 amide bonds. The minimum Gasteiger partial charge on any atom is -0.389 e. The summed E-state index contributed by atoms with van der Waals surface area (Å²) in [6, 6.07) is 0. The third-order valence-electron chi connectivity index (χ3n) is 10.5. The Balaban J connectivity index is 4.55. The van der Waals surface area contributed by atoms with Crippen LogP contribution in [0.5, 0.6) is 0 Å². The monoisotopic (exact) mass is 708 g/mol. The van der Waals surface area contributed by atoms with Crippen LogP contribution in [0.4, 0.5) is 0 Å². The maximum absolute atomic E-state index is 7.75. The van der Waals surface area contributed by atoms with E-state index in [0.717, 1.165) is 19.4 Å². The number of methoxy groups -OCH3 is 1. The third kappa shape index (κ3) is 34.1. The van der Waals surface area contributed by atoms with E-state index in [4.69, 9.17) is 19.7 Å². The molecule has 0 radical (unpaired) electrons. The number of nitrogens with zero attached hydrogens (tertiary/aromatic N) is 1. The highest BCUT2D eigenvalue weighted by atomic mass is 16.5. The van der Waals surface area contributed by atoms with E-state index < -0.39 is 0 Å². The Bertz CT molecular complexity index is 727. The van der Waals surface area contributed by atoms with Gasteiger partial charge in [0.1, 0.15) is 5.70 Å². The Labute approximate surface area is 313 Å². The zero-order valence-corrected chi connectivity index (χ0v) is 35.0. The molecule has 6 heteroatoms. The zero-order valence-electron chi connectivity index (χ0n) is 35.0. The summed E-state index contributed by atoms with van der Waals surface area (Å²) < 4.78 is 17.5. The number of hydrogen-bond donors (Lipinski definition) is 2. The van der Waals surface area contributed by atoms with Gasteiger partial charge < -0.3 is 19.5 Å². The van der Waals surface area contributed by atoms with Crippen molar-refractivity contribution in [1.82, 2.24) is 5.32 Å². The highest BCUT2D eigenvalue weighted by Crippen LogP contribution is 2.22. The Hall–Kier alpha value is -0.980. The van der Waals surface area contributed by atoms with Crippen molar-refractivity contribution < 1.29 is 14.2 Å². The van der Waals surface area contributed by atoms with Crippen LogP contribution in [0.3, 0.4) is 0 Å². The molecular weight excluding hydrogens is 619 g/mol. The number of ether oxygens (including phenoxy) is 3. The van der Waals surface area contributed by atoms with Gasteiger partial charge in [0.05, 0.1) is 24.4 Å². The minimum absolute atomic E-state index is 0.214. The summed E-state index contributed by atoms with van der Waals surface area (Å²) in [4.78, 5) is 0. The fourth-order valence-electron chi connectivity index (χ4n) is 6.68. The van der Waals surface area contributed by atoms with Crippen LogP contribution in [-0.4, -0.2) is 44.7 Å². The van der Waals surface area contributed by atoms with E-state index in [1.165, 1.54) is 167 Å². The second kappa shape index (κ2) is 35.1. The predicted molar refractivity (Wildman–Crippen MR) is 217 cm³/mol. The molecule has 2 N–H and O–H groups in total. The summed E-state index contributed by atoms with van der Waals surface area (Å²) in [6.07, 6.45) is 39.8. The number of hydrogen-bond acceptors (Lipinski definition) is 6. The number of rotatable bonds is 40. The lowest BCUT2D eigenvalue weighted by atomic mass is 9.94. The summed E-state index contributed by atoms with van der Waals surface area (Å²) >= 11 is 0. The number of nitrogens with one attached hydrogen (secondary N) is 2. The summed E-state index contributed by atoms with van der Waals surface area (Å²) in [5.74, 6) is 0.681. The van der Waals surface area contributed by atoms with E-state index in [9.17, 15) is 0 Å². The quantitative estimate of drug-likeness (QED) is 0.0491. The second-order valence-electron chi connectivity index (χ2n) is 16.5. The zero-order chi connectivity index (χ0) is 37.0. The molecule has 0 saturated carbocycles. The van der Waals surface area contributed by atoms with Crippen LogP contribution in [-0.2, 0) is 14.2 Å². The van der Waals surface area contributed by atoms with Crippen molar-refractivity contribution in [3.05, 3.63) is 11.9 Å². The van der Waals surface area contributed by atoms with Crippen LogP contribution in [0.1, 0.15) is 221 Å². The highest BCUT2D eigenvalue weighted by molar-refractivity contribution is 4.98. The van der Waals surface area contributed by atoms with Crippen molar-refractivity contribution in [1.29, 1.82) is 5.53 Å². The van der Waals surface area contributed by atoms with Crippen molar-refractivity contribution in [2.75, 3.05) is 33.5 Å². The standard InChI is InChI=1S/C44H89N3O3/c1-8-10-12-14-16-18-20-22-24-26-28-30-32-41(33-31-29-27-25-23-21-19-17-15-13-11-9-2)38-46-39-42(47-45)40-50-44(5,6)35-37-49-43(3,4)34-36-48-7/h39,41,45-46H,8-38,40H2,1-7H3/b42-39-,47-45?. The van der Waals surface area contributed by atoms with Gasteiger partial charge in [-0.2, -0.15) is 5.11 Å². The van der Waals surface area contributed by atoms with E-state index in [2.05, 4.69) is 52.0 Å². The molecule has 6 nitrogen and oxygen atoms in total. The van der Waals surface area contributed by atoms with E-state index in [-0.39, 0.29) is 11.2 Å². The fraction of sp³-hybridized carbons (Fsp3) is 0.955. The van der Waals surface area contributed by atoms with Gasteiger partial charge in [0.2, 0.25) is 0 Å². The lowest BCUT2D eigenvalue weighted by Gasteiger charge is -2.29. The smallest absolute Gasteiger partial charge is 0.104 e. The number of unbranched alkanes of at least 4 members (excludes halogenated alkanes) is 22. The molecule has 0 aliphatic carbocycles. The lowest BCUT2D eigenvalue weighted by molar-refractivity contribution is -0.0749. The van der Waals surface area contributed by atoms with E-state index in [1.807, 2.05) is 6.20 Å². The molecule has 0 aliphatic heterocycles. The topological polar surface area (TPSA) is 75.9 Å². The first-order valence-electron chi connectivity index (χ1n) is 21.8. The SMILES string of the molecule is CCCCCCCCCCCCCCC(CCCCCCCCCCCCCC)CN/C=C(/COC(C)(C)CCOC(C)(C)CCOC)N=N. The molecule has 0 unspecified atom stereocenters. The summed E-state index contributed by atoms with van der Waals surface area (Å²) in [5.41, 5.74) is 7.83. The average molecular weight is 708 g/mol. The Kier molecular flexibility index (Phi) is 34.4. The fourth-order valence-corrected chi connectivity index (χ4v) is 6.68. The third-order valence-corrected chi connectivity index (χ3v) is 10.5. The molecule has 0 saturated heterocycles. The van der Waals surface area contributed by atoms with Crippen LogP contribution in [0.2, 0.25) is 0 Å². The second-order valence-corrected chi connectivity index (χ2v) is 16.5. The summed E-state index contributed by atoms with van der Waals surface area (Å²) in [6.45, 7) is 15.6. The van der Waals surface area contributed by atoms with Crippen molar-refractivity contribution in [3.8, 4) is 0 Å². The van der Waals surface area contributed by atoms with Crippen molar-refractivity contribution >= 4 is 0 Å². The first-order valence-corrected chi connectivity index (χ1v) is 21.8. The molecule has 50 heavy (non-hydrogen) atoms. The van der Waals surface area contributed by atoms with E-state index in [0.29, 0.717) is 31.4 Å². The maximum atomic E-state index is 7.75. The normalized spacial score (nSPS) is 12.7. The molecule has 0 aliphatic rings. The molecule has 0 spiro atoms. The molecule has 0 atom stereocenters. The van der Waals surface area contributed by atoms with Crippen LogP contribution in [0, 0.1) is 11.4 Å². The van der Waals surface area contributed by atoms with Gasteiger partial charge in [0.15, 0.2) is 0 Å². The van der Waals surface area contributed by atoms with Gasteiger partial charge in [-0.15, -0.1) is 0 Å². The molecular formula is C44H89N3O3. The average Bonchev–Trinajstić information content (AvgIpc) is 3.09. The van der Waals surface area contributed by atoms with Crippen molar-refractivity contribution in [2.45, 2.75) is 233 Å². The molecule has 0 aromatic heterocycles. The van der Waals surface area contributed by atoms with E-state index >= 15 is 0 Å². The van der Waals surface area contributed by atoms with Crippen LogP contribution in [0.15, 0.2) is 17.0 Å². The maximum Gasteiger partial charge on any atom is 0.104 e. The first kappa shape index (κ1) is 49.0. The molecule has 298 valence electrons. The van der Waals surface area contributed by atoms with Gasteiger partial charge in [-0.05, 0) is 59.3 Å². The lowest BCUT2D eigenvalue weighted by Crippen LogP contribution is -2.32. The molecule has 0 aromatic carbocycles. The van der Waals surface area contributed by atoms with Gasteiger partial charge >= 0.3 is 0 Å². The molecule has 0 fully saturated rings. The minimum atomic E-state index is -0.354. The molecule has 0 aromatic rings. The first-order chi connectivity index (χ1) is 24.2. The van der Waals surface area contributed by atoms with Gasteiger partial charge in [0.25, 0.3) is 0 Å². The van der Waals surface area contributed by atoms with E-state index in [1.54, 1.807) is 7.11 Å².